The molecule has 0 aromatic rings. The lowest BCUT2D eigenvalue weighted by Crippen LogP contribution is -1.91. The molecule has 62 valence electrons. The monoisotopic (exact) mass is 299 g/mol. The van der Waals surface area contributed by atoms with Crippen molar-refractivity contribution in [2.24, 2.45) is 3.21 Å². The van der Waals surface area contributed by atoms with Crippen molar-refractivity contribution < 1.29 is 0 Å². The Bertz CT molecular complexity index is 201. The van der Waals surface area contributed by atoms with Crippen molar-refractivity contribution in [1.29, 1.82) is 0 Å². The molecule has 0 fully saturated rings. The van der Waals surface area contributed by atoms with Gasteiger partial charge >= 0.3 is 0 Å². The molecule has 1 heterocycles. The van der Waals surface area contributed by atoms with Gasteiger partial charge in [0.05, 0.1) is 22.9 Å². The van der Waals surface area contributed by atoms with Crippen molar-refractivity contribution in [2.75, 3.05) is 6.26 Å². The van der Waals surface area contributed by atoms with E-state index < -0.39 is 0 Å². The van der Waals surface area contributed by atoms with Gasteiger partial charge in [0, 0.05) is 10.2 Å². The quantitative estimate of drug-likeness (QED) is 0.417. The van der Waals surface area contributed by atoms with Gasteiger partial charge in [0.1, 0.15) is 5.04 Å². The smallest absolute Gasteiger partial charge is 0.116 e. The first-order valence-electron chi connectivity index (χ1n) is 3.38. The van der Waals surface area contributed by atoms with Crippen LogP contribution < -0.4 is 0 Å². The van der Waals surface area contributed by atoms with Crippen molar-refractivity contribution in [3.05, 3.63) is 11.0 Å². The Morgan fingerprint density at radius 1 is 1.91 bits per heavy atom. The van der Waals surface area contributed by atoms with E-state index in [4.69, 9.17) is 0 Å². The summed E-state index contributed by atoms with van der Waals surface area (Å²) in [4.78, 5) is 1.36. The van der Waals surface area contributed by atoms with E-state index in [0.717, 1.165) is 5.25 Å². The molecular formula is C7H10INS2. The van der Waals surface area contributed by atoms with E-state index >= 15 is 0 Å². The molecule has 0 saturated carbocycles. The second-order valence-electron chi connectivity index (χ2n) is 2.33. The normalized spacial score (nSPS) is 25.5. The van der Waals surface area contributed by atoms with Gasteiger partial charge in [-0.2, -0.15) is 0 Å². The molecule has 0 aliphatic carbocycles. The van der Waals surface area contributed by atoms with Crippen LogP contribution in [-0.4, -0.2) is 16.5 Å². The molecule has 1 atom stereocenters. The summed E-state index contributed by atoms with van der Waals surface area (Å²) in [7, 11) is 0. The molecule has 1 aliphatic heterocycles. The van der Waals surface area contributed by atoms with Crippen LogP contribution in [0.3, 0.4) is 0 Å². The predicted octanol–water partition coefficient (Wildman–Crippen LogP) is 3.51. The summed E-state index contributed by atoms with van der Waals surface area (Å²) in [5.41, 5.74) is 0. The molecule has 1 rings (SSSR count). The van der Waals surface area contributed by atoms with Crippen LogP contribution in [0.2, 0.25) is 0 Å². The Morgan fingerprint density at radius 2 is 2.64 bits per heavy atom. The average Bonchev–Trinajstić information content (AvgIpc) is 2.39. The zero-order chi connectivity index (χ0) is 8.27. The lowest BCUT2D eigenvalue weighted by atomic mass is 10.3. The summed E-state index contributed by atoms with van der Waals surface area (Å²) < 4.78 is 4.18. The van der Waals surface area contributed by atoms with Crippen molar-refractivity contribution in [3.8, 4) is 0 Å². The van der Waals surface area contributed by atoms with E-state index in [1.54, 1.807) is 11.8 Å². The Kier molecular flexibility index (Phi) is 4.30. The molecule has 0 radical (unpaired) electrons. The van der Waals surface area contributed by atoms with Crippen molar-refractivity contribution >= 4 is 51.4 Å². The third-order valence-electron chi connectivity index (χ3n) is 1.44. The van der Waals surface area contributed by atoms with Gasteiger partial charge in [0.15, 0.2) is 0 Å². The van der Waals surface area contributed by atoms with Gasteiger partial charge in [-0.05, 0) is 12.7 Å². The fourth-order valence-electron chi connectivity index (χ4n) is 0.900. The third kappa shape index (κ3) is 2.66. The van der Waals surface area contributed by atoms with Gasteiger partial charge in [-0.25, -0.2) is 3.21 Å². The lowest BCUT2D eigenvalue weighted by molar-refractivity contribution is 1.00. The van der Waals surface area contributed by atoms with Crippen LogP contribution in [-0.2, 0) is 0 Å². The minimum Gasteiger partial charge on any atom is -0.207 e. The number of thioether (sulfide) groups is 2. The van der Waals surface area contributed by atoms with Gasteiger partial charge in [-0.3, -0.25) is 0 Å². The Balaban J connectivity index is 2.61. The second-order valence-corrected chi connectivity index (χ2v) is 5.08. The molecular weight excluding hydrogens is 289 g/mol. The van der Waals surface area contributed by atoms with Gasteiger partial charge in [0.25, 0.3) is 0 Å². The Morgan fingerprint density at radius 3 is 3.00 bits per heavy atom. The summed E-state index contributed by atoms with van der Waals surface area (Å²) in [5, 5.41) is 1.91. The average molecular weight is 299 g/mol. The molecule has 0 saturated heterocycles. The fraction of sp³-hybridized carbons (Fsp3) is 0.571. The number of allylic oxidation sites excluding steroid dienone is 1. The first-order valence-corrected chi connectivity index (χ1v) is 6.45. The second kappa shape index (κ2) is 4.77. The largest absolute Gasteiger partial charge is 0.207 e. The molecule has 4 heteroatoms. The maximum atomic E-state index is 4.18. The molecule has 0 aromatic heterocycles. The summed E-state index contributed by atoms with van der Waals surface area (Å²) in [6.07, 6.45) is 5.54. The van der Waals surface area contributed by atoms with Gasteiger partial charge in [0.2, 0.25) is 0 Å². The van der Waals surface area contributed by atoms with E-state index in [9.17, 15) is 0 Å². The van der Waals surface area contributed by atoms with Crippen LogP contribution in [0.4, 0.5) is 0 Å². The number of hydrogen-bond acceptors (Lipinski definition) is 3. The van der Waals surface area contributed by atoms with Crippen molar-refractivity contribution in [2.45, 2.75) is 18.6 Å². The molecule has 0 spiro atoms. The molecule has 0 bridgehead atoms. The van der Waals surface area contributed by atoms with Gasteiger partial charge in [-0.15, -0.1) is 23.5 Å². The van der Waals surface area contributed by atoms with E-state index in [2.05, 4.69) is 45.3 Å². The summed E-state index contributed by atoms with van der Waals surface area (Å²) in [5.74, 6) is 0. The van der Waals surface area contributed by atoms with Crippen LogP contribution >= 0.6 is 46.4 Å². The standard InChI is InChI=1S/C7H10INS2/c1-5-3-4-6(11-5)7(9-8)10-2/h4-5H,3H2,1-2H3. The first-order chi connectivity index (χ1) is 5.27. The van der Waals surface area contributed by atoms with Crippen LogP contribution in [0, 0.1) is 0 Å². The third-order valence-corrected chi connectivity index (χ3v) is 4.29. The predicted molar refractivity (Wildman–Crippen MR) is 64.7 cm³/mol. The van der Waals surface area contributed by atoms with Gasteiger partial charge < -0.3 is 0 Å². The maximum absolute atomic E-state index is 4.18. The SMILES string of the molecule is CSC(=NI)C1=CCC(C)S1. The zero-order valence-corrected chi connectivity index (χ0v) is 10.3. The highest BCUT2D eigenvalue weighted by Gasteiger charge is 2.16. The molecule has 1 nitrogen and oxygen atoms in total. The highest BCUT2D eigenvalue weighted by molar-refractivity contribution is 14.1. The van der Waals surface area contributed by atoms with Gasteiger partial charge in [-0.1, -0.05) is 13.0 Å². The molecule has 11 heavy (non-hydrogen) atoms. The first kappa shape index (κ1) is 9.92. The Labute approximate surface area is 90.0 Å². The number of nitrogens with zero attached hydrogens (tertiary/aromatic N) is 1. The molecule has 0 amide bonds. The number of halogens is 1. The Hall–Kier alpha value is 0.840. The fourth-order valence-corrected chi connectivity index (χ4v) is 3.63. The van der Waals surface area contributed by atoms with E-state index in [1.165, 1.54) is 16.4 Å². The van der Waals surface area contributed by atoms with E-state index in [1.807, 2.05) is 11.8 Å². The highest BCUT2D eigenvalue weighted by atomic mass is 127. The summed E-state index contributed by atoms with van der Waals surface area (Å²) >= 11 is 5.71. The van der Waals surface area contributed by atoms with Crippen LogP contribution in [0.25, 0.3) is 0 Å². The topological polar surface area (TPSA) is 12.4 Å². The highest BCUT2D eigenvalue weighted by Crippen LogP contribution is 2.35. The van der Waals surface area contributed by atoms with Crippen LogP contribution in [0.5, 0.6) is 0 Å². The zero-order valence-electron chi connectivity index (χ0n) is 6.50. The summed E-state index contributed by atoms with van der Waals surface area (Å²) in [6.45, 7) is 2.25. The lowest BCUT2D eigenvalue weighted by Gasteiger charge is -2.02. The maximum Gasteiger partial charge on any atom is 0.116 e. The van der Waals surface area contributed by atoms with Crippen molar-refractivity contribution in [3.63, 3.8) is 0 Å². The summed E-state index contributed by atoms with van der Waals surface area (Å²) in [6, 6.07) is 0. The van der Waals surface area contributed by atoms with Crippen LogP contribution in [0.1, 0.15) is 13.3 Å². The number of rotatable bonds is 1. The molecule has 0 aromatic carbocycles. The minimum atomic E-state index is 0.741. The van der Waals surface area contributed by atoms with E-state index in [0.29, 0.717) is 0 Å². The number of hydrogen-bond donors (Lipinski definition) is 0. The minimum absolute atomic E-state index is 0.741. The van der Waals surface area contributed by atoms with Crippen LogP contribution in [0.15, 0.2) is 14.2 Å². The molecule has 0 N–H and O–H groups in total. The van der Waals surface area contributed by atoms with E-state index in [-0.39, 0.29) is 0 Å². The molecule has 1 unspecified atom stereocenters. The molecule has 1 aliphatic rings. The van der Waals surface area contributed by atoms with Crippen molar-refractivity contribution in [1.82, 2.24) is 0 Å².